The molecule has 1 saturated carbocycles. The minimum Gasteiger partial charge on any atom is -0.466 e. The summed E-state index contributed by atoms with van der Waals surface area (Å²) in [5.74, 6) is -0.494. The van der Waals surface area contributed by atoms with E-state index in [-0.39, 0.29) is 35.3 Å². The van der Waals surface area contributed by atoms with Crippen LogP contribution in [0.3, 0.4) is 0 Å². The summed E-state index contributed by atoms with van der Waals surface area (Å²) >= 11 is 5.15. The molecule has 5 atom stereocenters. The molecule has 2 fully saturated rings. The van der Waals surface area contributed by atoms with Gasteiger partial charge in [0.2, 0.25) is 0 Å². The number of allylic oxidation sites excluding steroid dienone is 1. The van der Waals surface area contributed by atoms with E-state index >= 15 is 0 Å². The van der Waals surface area contributed by atoms with Crippen molar-refractivity contribution in [2.24, 2.45) is 22.7 Å². The van der Waals surface area contributed by atoms with E-state index < -0.39 is 0 Å². The van der Waals surface area contributed by atoms with Gasteiger partial charge in [0.25, 0.3) is 0 Å². The molecule has 1 saturated heterocycles. The number of halogens is 1. The molecule has 8 heteroatoms. The predicted molar refractivity (Wildman–Crippen MR) is 113 cm³/mol. The number of nitriles is 1. The first-order valence-corrected chi connectivity index (χ1v) is 11.3. The summed E-state index contributed by atoms with van der Waals surface area (Å²) in [7, 11) is 0. The number of hydrazine groups is 1. The zero-order chi connectivity index (χ0) is 19.8. The van der Waals surface area contributed by atoms with Crippen LogP contribution in [0, 0.1) is 29.1 Å². The predicted octanol–water partition coefficient (Wildman–Crippen LogP) is 3.42. The number of carbonyl (C=O) groups excluding carboxylic acids is 1. The van der Waals surface area contributed by atoms with Crippen LogP contribution in [0.15, 0.2) is 39.8 Å². The largest absolute Gasteiger partial charge is 0.466 e. The minimum absolute atomic E-state index is 0.0336. The third-order valence-corrected chi connectivity index (χ3v) is 6.69. The number of benzene rings is 1. The van der Waals surface area contributed by atoms with E-state index in [1.165, 1.54) is 0 Å². The van der Waals surface area contributed by atoms with Gasteiger partial charge in [0.15, 0.2) is 6.17 Å². The maximum absolute atomic E-state index is 12.1. The van der Waals surface area contributed by atoms with Crippen LogP contribution in [0.25, 0.3) is 5.70 Å². The van der Waals surface area contributed by atoms with Gasteiger partial charge in [0.1, 0.15) is 5.92 Å². The van der Waals surface area contributed by atoms with Crippen molar-refractivity contribution in [3.05, 3.63) is 40.4 Å². The number of rotatable bonds is 5. The molecule has 0 amide bonds. The molecule has 2 heterocycles. The molecular formula is C20H21BrN4O2S. The fourth-order valence-corrected chi connectivity index (χ4v) is 4.91. The number of carbonyl (C=O) groups is 1. The van der Waals surface area contributed by atoms with Crippen LogP contribution in [0.5, 0.6) is 0 Å². The third kappa shape index (κ3) is 3.47. The Hall–Kier alpha value is -1.82. The number of fused-ring (bicyclic) bond motifs is 1. The van der Waals surface area contributed by atoms with Crippen LogP contribution >= 0.6 is 27.7 Å². The zero-order valence-corrected chi connectivity index (χ0v) is 18.0. The Kier molecular flexibility index (Phi) is 5.50. The summed E-state index contributed by atoms with van der Waals surface area (Å²) in [5.41, 5.74) is 6.33. The smallest absolute Gasteiger partial charge is 0.309 e. The number of thioether (sulfide) groups is 1. The molecule has 0 spiro atoms. The van der Waals surface area contributed by atoms with Gasteiger partial charge in [0.05, 0.1) is 29.7 Å². The zero-order valence-electron chi connectivity index (χ0n) is 15.6. The summed E-state index contributed by atoms with van der Waals surface area (Å²) in [6, 6.07) is 10.5. The number of esters is 1. The van der Waals surface area contributed by atoms with E-state index in [2.05, 4.69) is 33.5 Å². The number of hydrogen-bond acceptors (Lipinski definition) is 7. The van der Waals surface area contributed by atoms with Crippen molar-refractivity contribution < 1.29 is 9.53 Å². The molecule has 4 rings (SSSR count). The Morgan fingerprint density at radius 3 is 3.04 bits per heavy atom. The summed E-state index contributed by atoms with van der Waals surface area (Å²) in [6.45, 7) is 2.21. The fraction of sp³-hybridized carbons (Fsp3) is 0.450. The van der Waals surface area contributed by atoms with Crippen molar-refractivity contribution in [3.63, 3.8) is 0 Å². The second-order valence-corrected chi connectivity index (χ2v) is 8.91. The summed E-state index contributed by atoms with van der Waals surface area (Å²) < 4.78 is 6.16. The van der Waals surface area contributed by atoms with Crippen LogP contribution < -0.4 is 5.43 Å². The Morgan fingerprint density at radius 2 is 2.36 bits per heavy atom. The highest BCUT2D eigenvalue weighted by Gasteiger charge is 2.51. The molecule has 1 aromatic carbocycles. The molecule has 0 aromatic heterocycles. The van der Waals surface area contributed by atoms with Gasteiger partial charge in [-0.3, -0.25) is 14.8 Å². The first-order valence-electron chi connectivity index (χ1n) is 9.27. The van der Waals surface area contributed by atoms with Crippen LogP contribution in [-0.4, -0.2) is 41.1 Å². The van der Waals surface area contributed by atoms with Crippen LogP contribution in [0.2, 0.25) is 0 Å². The first-order chi connectivity index (χ1) is 13.6. The fourth-order valence-electron chi connectivity index (χ4n) is 3.80. The number of hydrogen-bond donors (Lipinski definition) is 1. The molecule has 1 N–H and O–H groups in total. The topological polar surface area (TPSA) is 77.7 Å². The lowest BCUT2D eigenvalue weighted by molar-refractivity contribution is -0.144. The minimum atomic E-state index is -0.306. The Morgan fingerprint density at radius 1 is 1.54 bits per heavy atom. The van der Waals surface area contributed by atoms with Crippen LogP contribution in [0.1, 0.15) is 18.9 Å². The van der Waals surface area contributed by atoms with Crippen molar-refractivity contribution in [1.82, 2.24) is 10.4 Å². The average Bonchev–Trinajstić information content (AvgIpc) is 3.41. The lowest BCUT2D eigenvalue weighted by atomic mass is 10.0. The quantitative estimate of drug-likeness (QED) is 0.678. The normalized spacial score (nSPS) is 30.8. The van der Waals surface area contributed by atoms with E-state index in [1.54, 1.807) is 11.8 Å². The molecule has 6 nitrogen and oxygen atoms in total. The highest BCUT2D eigenvalue weighted by molar-refractivity contribution is 9.10. The Labute approximate surface area is 177 Å². The van der Waals surface area contributed by atoms with Crippen LogP contribution in [-0.2, 0) is 9.53 Å². The number of ether oxygens (including phenoxy) is 1. The van der Waals surface area contributed by atoms with Gasteiger partial charge in [-0.25, -0.2) is 5.43 Å². The molecular weight excluding hydrogens is 440 g/mol. The number of nitrogens with one attached hydrogen (secondary N) is 1. The van der Waals surface area contributed by atoms with Gasteiger partial charge in [0, 0.05) is 21.7 Å². The van der Waals surface area contributed by atoms with E-state index in [4.69, 9.17) is 9.73 Å². The van der Waals surface area contributed by atoms with Crippen molar-refractivity contribution in [2.45, 2.75) is 24.9 Å². The lowest BCUT2D eigenvalue weighted by Crippen LogP contribution is -2.39. The molecule has 3 aliphatic rings. The second kappa shape index (κ2) is 7.90. The molecule has 0 radical (unpaired) electrons. The van der Waals surface area contributed by atoms with Crippen molar-refractivity contribution >= 4 is 45.1 Å². The van der Waals surface area contributed by atoms with Gasteiger partial charge in [-0.05, 0) is 37.8 Å². The van der Waals surface area contributed by atoms with Gasteiger partial charge in [-0.1, -0.05) is 28.1 Å². The Balaban J connectivity index is 1.70. The van der Waals surface area contributed by atoms with Crippen molar-refractivity contribution in [2.75, 3.05) is 12.9 Å². The van der Waals surface area contributed by atoms with Gasteiger partial charge in [-0.15, -0.1) is 11.8 Å². The summed E-state index contributed by atoms with van der Waals surface area (Å²) in [5, 5.41) is 11.7. The van der Waals surface area contributed by atoms with Crippen LogP contribution in [0.4, 0.5) is 0 Å². The third-order valence-electron chi connectivity index (χ3n) is 5.29. The maximum atomic E-state index is 12.1. The van der Waals surface area contributed by atoms with E-state index in [0.29, 0.717) is 6.61 Å². The SMILES string of the molecule is CCOC(=O)C1CC1C1=NC2C(C#N)C(SC)NN2C(c2cccc(Br)c2)=C1. The van der Waals surface area contributed by atoms with E-state index in [1.807, 2.05) is 42.5 Å². The molecule has 1 aromatic rings. The lowest BCUT2D eigenvalue weighted by Gasteiger charge is -2.31. The highest BCUT2D eigenvalue weighted by Crippen LogP contribution is 2.45. The molecule has 1 aliphatic carbocycles. The highest BCUT2D eigenvalue weighted by atomic mass is 79.9. The number of aliphatic imine (C=N–C) groups is 1. The molecule has 5 unspecified atom stereocenters. The molecule has 2 aliphatic heterocycles. The monoisotopic (exact) mass is 460 g/mol. The van der Waals surface area contributed by atoms with Gasteiger partial charge < -0.3 is 4.74 Å². The number of nitrogens with zero attached hydrogens (tertiary/aromatic N) is 3. The Bertz CT molecular complexity index is 896. The van der Waals surface area contributed by atoms with Gasteiger partial charge in [-0.2, -0.15) is 5.26 Å². The maximum Gasteiger partial charge on any atom is 0.309 e. The van der Waals surface area contributed by atoms with Gasteiger partial charge >= 0.3 is 5.97 Å². The average molecular weight is 461 g/mol. The standard InChI is InChI=1S/C20H21BrN4O2S/c1-3-27-20(26)14-8-13(14)16-9-17(11-5-4-6-12(21)7-11)25-18(23-16)15(10-22)19(24-25)28-2/h4-7,9,13-15,18-19,24H,3,8H2,1-2H3. The van der Waals surface area contributed by atoms with E-state index in [0.717, 1.165) is 27.9 Å². The first kappa shape index (κ1) is 19.5. The molecule has 28 heavy (non-hydrogen) atoms. The molecule has 0 bridgehead atoms. The van der Waals surface area contributed by atoms with E-state index in [9.17, 15) is 10.1 Å². The van der Waals surface area contributed by atoms with Crippen molar-refractivity contribution in [3.8, 4) is 6.07 Å². The summed E-state index contributed by atoms with van der Waals surface area (Å²) in [6.07, 6.45) is 4.49. The van der Waals surface area contributed by atoms with Crippen molar-refractivity contribution in [1.29, 1.82) is 5.26 Å². The summed E-state index contributed by atoms with van der Waals surface area (Å²) in [4.78, 5) is 17.0. The molecule has 146 valence electrons. The second-order valence-electron chi connectivity index (χ2n) is 7.02.